The van der Waals surface area contributed by atoms with Crippen molar-refractivity contribution in [3.63, 3.8) is 0 Å². The maximum Gasteiger partial charge on any atom is 0.286 e. The molecule has 0 radical (unpaired) electrons. The minimum atomic E-state index is -4.32. The molecule has 0 fully saturated rings. The highest BCUT2D eigenvalue weighted by Gasteiger charge is 2.25. The van der Waals surface area contributed by atoms with Crippen LogP contribution in [0, 0.1) is 18.6 Å². The molecule has 158 valence electrons. The van der Waals surface area contributed by atoms with E-state index in [2.05, 4.69) is 5.10 Å². The first kappa shape index (κ1) is 21.1. The fourth-order valence-corrected chi connectivity index (χ4v) is 4.88. The number of carbonyl (C=O) groups is 1. The smallest absolute Gasteiger partial charge is 0.286 e. The molecule has 0 spiro atoms. The SMILES string of the molecule is Cc1ccc(S(=O)(=O)n2ncc3ccc(CC(=O)c4c(F)cccc4Cl)cc32)c(F)c1. The molecule has 1 heterocycles. The summed E-state index contributed by atoms with van der Waals surface area (Å²) in [5, 5.41) is 4.39. The Bertz CT molecular complexity index is 1430. The summed E-state index contributed by atoms with van der Waals surface area (Å²) in [6, 6.07) is 12.4. The van der Waals surface area contributed by atoms with Crippen molar-refractivity contribution in [2.45, 2.75) is 18.2 Å². The molecule has 9 heteroatoms. The number of aryl methyl sites for hydroxylation is 1. The Balaban J connectivity index is 1.75. The monoisotopic (exact) mass is 460 g/mol. The highest BCUT2D eigenvalue weighted by atomic mass is 35.5. The number of Topliss-reactive ketones (excluding diaryl/α,β-unsaturated/α-hetero) is 1. The van der Waals surface area contributed by atoms with E-state index in [1.54, 1.807) is 19.1 Å². The Morgan fingerprint density at radius 1 is 1.06 bits per heavy atom. The lowest BCUT2D eigenvalue weighted by molar-refractivity contribution is 0.0989. The average molecular weight is 461 g/mol. The zero-order chi connectivity index (χ0) is 22.3. The predicted molar refractivity (Wildman–Crippen MR) is 113 cm³/mol. The van der Waals surface area contributed by atoms with E-state index in [1.807, 2.05) is 0 Å². The Labute approximate surface area is 181 Å². The third kappa shape index (κ3) is 3.84. The lowest BCUT2D eigenvalue weighted by Gasteiger charge is -2.09. The fourth-order valence-electron chi connectivity index (χ4n) is 3.29. The average Bonchev–Trinajstić information content (AvgIpc) is 3.11. The molecule has 0 aliphatic carbocycles. The molecule has 0 amide bonds. The van der Waals surface area contributed by atoms with Crippen LogP contribution in [0.5, 0.6) is 0 Å². The molecular formula is C22H15ClF2N2O3S. The van der Waals surface area contributed by atoms with Crippen LogP contribution in [0.4, 0.5) is 8.78 Å². The minimum Gasteiger partial charge on any atom is -0.294 e. The van der Waals surface area contributed by atoms with E-state index in [4.69, 9.17) is 11.6 Å². The van der Waals surface area contributed by atoms with Gasteiger partial charge in [-0.3, -0.25) is 4.79 Å². The fraction of sp³-hybridized carbons (Fsp3) is 0.0909. The van der Waals surface area contributed by atoms with Crippen molar-refractivity contribution < 1.29 is 22.0 Å². The van der Waals surface area contributed by atoms with Crippen molar-refractivity contribution in [3.8, 4) is 0 Å². The van der Waals surface area contributed by atoms with E-state index in [1.165, 1.54) is 36.5 Å². The zero-order valence-corrected chi connectivity index (χ0v) is 17.7. The lowest BCUT2D eigenvalue weighted by Crippen LogP contribution is -2.16. The van der Waals surface area contributed by atoms with Gasteiger partial charge in [-0.1, -0.05) is 35.9 Å². The van der Waals surface area contributed by atoms with Gasteiger partial charge in [-0.25, -0.2) is 8.78 Å². The van der Waals surface area contributed by atoms with Crippen LogP contribution in [0.15, 0.2) is 65.7 Å². The topological polar surface area (TPSA) is 69.0 Å². The largest absolute Gasteiger partial charge is 0.294 e. The molecule has 0 aliphatic heterocycles. The Morgan fingerprint density at radius 3 is 2.55 bits per heavy atom. The van der Waals surface area contributed by atoms with Gasteiger partial charge in [-0.05, 0) is 48.4 Å². The van der Waals surface area contributed by atoms with Crippen LogP contribution in [-0.2, 0) is 16.4 Å². The van der Waals surface area contributed by atoms with Crippen molar-refractivity contribution >= 4 is 38.3 Å². The van der Waals surface area contributed by atoms with Gasteiger partial charge in [0, 0.05) is 11.8 Å². The Hall–Kier alpha value is -3.10. The van der Waals surface area contributed by atoms with E-state index in [-0.39, 0.29) is 22.5 Å². The first-order valence-electron chi connectivity index (χ1n) is 9.14. The Kier molecular flexibility index (Phi) is 5.36. The van der Waals surface area contributed by atoms with Crippen molar-refractivity contribution in [1.29, 1.82) is 0 Å². The maximum absolute atomic E-state index is 14.3. The molecule has 0 aliphatic rings. The van der Waals surface area contributed by atoms with Crippen molar-refractivity contribution in [2.75, 3.05) is 0 Å². The number of carbonyl (C=O) groups excluding carboxylic acids is 1. The van der Waals surface area contributed by atoms with Crippen LogP contribution in [-0.4, -0.2) is 23.4 Å². The molecule has 3 aromatic carbocycles. The normalized spacial score (nSPS) is 11.7. The van der Waals surface area contributed by atoms with Crippen molar-refractivity contribution in [1.82, 2.24) is 9.19 Å². The molecule has 0 atom stereocenters. The number of benzene rings is 3. The van der Waals surface area contributed by atoms with Gasteiger partial charge in [0.1, 0.15) is 16.5 Å². The summed E-state index contributed by atoms with van der Waals surface area (Å²) in [6.07, 6.45) is 1.12. The number of hydrogen-bond donors (Lipinski definition) is 0. The van der Waals surface area contributed by atoms with E-state index in [0.29, 0.717) is 16.5 Å². The first-order valence-corrected chi connectivity index (χ1v) is 11.0. The second kappa shape index (κ2) is 7.86. The minimum absolute atomic E-state index is 0.00598. The van der Waals surface area contributed by atoms with Gasteiger partial charge in [0.15, 0.2) is 5.78 Å². The van der Waals surface area contributed by atoms with E-state index in [0.717, 1.165) is 16.2 Å². The number of rotatable bonds is 5. The van der Waals surface area contributed by atoms with Gasteiger partial charge < -0.3 is 0 Å². The number of ketones is 1. The van der Waals surface area contributed by atoms with Crippen LogP contribution >= 0.6 is 11.6 Å². The summed E-state index contributed by atoms with van der Waals surface area (Å²) in [4.78, 5) is 12.1. The third-order valence-corrected chi connectivity index (χ3v) is 6.75. The lowest BCUT2D eigenvalue weighted by atomic mass is 10.0. The van der Waals surface area contributed by atoms with E-state index >= 15 is 0 Å². The van der Waals surface area contributed by atoms with E-state index < -0.39 is 32.3 Å². The number of aromatic nitrogens is 2. The molecule has 0 bridgehead atoms. The van der Waals surface area contributed by atoms with Crippen LogP contribution < -0.4 is 0 Å². The predicted octanol–water partition coefficient (Wildman–Crippen LogP) is 4.94. The van der Waals surface area contributed by atoms with Gasteiger partial charge in [-0.15, -0.1) is 0 Å². The maximum atomic E-state index is 14.3. The van der Waals surface area contributed by atoms with Crippen molar-refractivity contribution in [2.24, 2.45) is 0 Å². The molecule has 0 saturated heterocycles. The second-order valence-corrected chi connectivity index (χ2v) is 9.16. The van der Waals surface area contributed by atoms with Crippen molar-refractivity contribution in [3.05, 3.63) is 94.1 Å². The zero-order valence-electron chi connectivity index (χ0n) is 16.1. The molecule has 4 rings (SSSR count). The highest BCUT2D eigenvalue weighted by Crippen LogP contribution is 2.25. The summed E-state index contributed by atoms with van der Waals surface area (Å²) in [5.74, 6) is -2.17. The van der Waals surface area contributed by atoms with Gasteiger partial charge in [-0.2, -0.15) is 17.6 Å². The first-order chi connectivity index (χ1) is 14.7. The summed E-state index contributed by atoms with van der Waals surface area (Å²) in [6.45, 7) is 1.65. The number of hydrogen-bond acceptors (Lipinski definition) is 4. The molecule has 0 saturated carbocycles. The summed E-state index contributed by atoms with van der Waals surface area (Å²) < 4.78 is 55.1. The summed E-state index contributed by atoms with van der Waals surface area (Å²) >= 11 is 5.96. The quantitative estimate of drug-likeness (QED) is 0.396. The molecule has 5 nitrogen and oxygen atoms in total. The molecule has 0 N–H and O–H groups in total. The molecule has 4 aromatic rings. The number of nitrogens with zero attached hydrogens (tertiary/aromatic N) is 2. The Morgan fingerprint density at radius 2 is 1.84 bits per heavy atom. The molecule has 1 aromatic heterocycles. The molecular weight excluding hydrogens is 446 g/mol. The highest BCUT2D eigenvalue weighted by molar-refractivity contribution is 7.90. The molecule has 0 unspecified atom stereocenters. The second-order valence-electron chi connectivity index (χ2n) is 7.02. The number of halogens is 3. The van der Waals surface area contributed by atoms with Gasteiger partial charge in [0.25, 0.3) is 10.0 Å². The van der Waals surface area contributed by atoms with Crippen LogP contribution in [0.3, 0.4) is 0 Å². The molecule has 31 heavy (non-hydrogen) atoms. The standard InChI is InChI=1S/C22H15ClF2N2O3S/c1-13-5-8-21(18(25)9-13)31(29,30)27-19-10-14(6-7-15(19)12-26-27)11-20(28)22-16(23)3-2-4-17(22)24/h2-10,12H,11H2,1H3. The van der Waals surface area contributed by atoms with Gasteiger partial charge >= 0.3 is 0 Å². The summed E-state index contributed by atoms with van der Waals surface area (Å²) in [5.41, 5.74) is 0.949. The third-order valence-electron chi connectivity index (χ3n) is 4.80. The van der Waals surface area contributed by atoms with Crippen LogP contribution in [0.1, 0.15) is 21.5 Å². The summed E-state index contributed by atoms with van der Waals surface area (Å²) in [7, 11) is -4.32. The number of fused-ring (bicyclic) bond motifs is 1. The van der Waals surface area contributed by atoms with Crippen LogP contribution in [0.2, 0.25) is 5.02 Å². The van der Waals surface area contributed by atoms with E-state index in [9.17, 15) is 22.0 Å². The van der Waals surface area contributed by atoms with Gasteiger partial charge in [0.05, 0.1) is 22.3 Å². The van der Waals surface area contributed by atoms with Gasteiger partial charge in [0.2, 0.25) is 0 Å². The van der Waals surface area contributed by atoms with Crippen LogP contribution in [0.25, 0.3) is 10.9 Å².